The molecule has 0 spiro atoms. The van der Waals surface area contributed by atoms with Gasteiger partial charge in [0, 0.05) is 48.8 Å². The summed E-state index contributed by atoms with van der Waals surface area (Å²) in [6.45, 7) is 5.01. The molecule has 0 aliphatic carbocycles. The molecule has 0 unspecified atom stereocenters. The summed E-state index contributed by atoms with van der Waals surface area (Å²) in [5, 5.41) is 3.17. The van der Waals surface area contributed by atoms with Crippen LogP contribution in [0.4, 0.5) is 0 Å². The molecule has 3 rings (SSSR count). The third-order valence-corrected chi connectivity index (χ3v) is 4.66. The van der Waals surface area contributed by atoms with Crippen LogP contribution < -0.4 is 5.32 Å². The highest BCUT2D eigenvalue weighted by molar-refractivity contribution is 5.94. The average Bonchev–Trinajstić information content (AvgIpc) is 3.17. The number of furan rings is 1. The number of nitrogens with one attached hydrogen (secondary N) is 1. The van der Waals surface area contributed by atoms with Gasteiger partial charge in [-0.25, -0.2) is 0 Å². The van der Waals surface area contributed by atoms with Crippen molar-refractivity contribution in [1.29, 1.82) is 0 Å². The molecule has 1 aliphatic rings. The van der Waals surface area contributed by atoms with E-state index in [-0.39, 0.29) is 11.9 Å². The van der Waals surface area contributed by atoms with Gasteiger partial charge in [-0.05, 0) is 49.6 Å². The minimum absolute atomic E-state index is 0.00588. The highest BCUT2D eigenvalue weighted by atomic mass is 16.3. The van der Waals surface area contributed by atoms with Crippen LogP contribution >= 0.6 is 0 Å². The zero-order valence-corrected chi connectivity index (χ0v) is 15.3. The topological polar surface area (TPSA) is 45.5 Å². The SMILES string of the molecule is CCCC#Cc1ccc(C(=O)NC2CCN(Cc3ccoc3)CC2)cc1. The number of hydrogen-bond donors (Lipinski definition) is 1. The van der Waals surface area contributed by atoms with Gasteiger partial charge in [-0.15, -0.1) is 0 Å². The van der Waals surface area contributed by atoms with E-state index in [2.05, 4.69) is 29.0 Å². The van der Waals surface area contributed by atoms with Gasteiger partial charge in [0.1, 0.15) is 0 Å². The smallest absolute Gasteiger partial charge is 0.251 e. The van der Waals surface area contributed by atoms with Gasteiger partial charge in [0.05, 0.1) is 12.5 Å². The minimum atomic E-state index is 0.00588. The standard InChI is InChI=1S/C22H26N2O2/c1-2-3-4-5-18-6-8-20(9-7-18)22(25)23-21-10-13-24(14-11-21)16-19-12-15-26-17-19/h6-9,12,15,17,21H,2-3,10-11,13-14,16H2,1H3,(H,23,25). The summed E-state index contributed by atoms with van der Waals surface area (Å²) in [5.41, 5.74) is 2.86. The molecule has 1 aromatic carbocycles. The van der Waals surface area contributed by atoms with Gasteiger partial charge in [0.15, 0.2) is 0 Å². The van der Waals surface area contributed by atoms with Crippen molar-refractivity contribution in [3.63, 3.8) is 0 Å². The molecule has 1 N–H and O–H groups in total. The van der Waals surface area contributed by atoms with Crippen LogP contribution in [0.2, 0.25) is 0 Å². The molecule has 0 saturated carbocycles. The van der Waals surface area contributed by atoms with Crippen LogP contribution in [0.15, 0.2) is 47.3 Å². The van der Waals surface area contributed by atoms with Gasteiger partial charge in [0.2, 0.25) is 0 Å². The van der Waals surface area contributed by atoms with Gasteiger partial charge in [-0.2, -0.15) is 0 Å². The molecular formula is C22H26N2O2. The van der Waals surface area contributed by atoms with Crippen LogP contribution in [-0.4, -0.2) is 29.9 Å². The van der Waals surface area contributed by atoms with Crippen molar-refractivity contribution in [2.75, 3.05) is 13.1 Å². The van der Waals surface area contributed by atoms with Crippen LogP contribution in [0.5, 0.6) is 0 Å². The molecule has 0 atom stereocenters. The normalized spacial score (nSPS) is 15.3. The van der Waals surface area contributed by atoms with Crippen molar-refractivity contribution in [2.24, 2.45) is 0 Å². The van der Waals surface area contributed by atoms with E-state index < -0.39 is 0 Å². The average molecular weight is 350 g/mol. The third kappa shape index (κ3) is 5.24. The van der Waals surface area contributed by atoms with Crippen molar-refractivity contribution in [1.82, 2.24) is 10.2 Å². The molecule has 1 saturated heterocycles. The number of unbranched alkanes of at least 4 members (excludes halogenated alkanes) is 1. The van der Waals surface area contributed by atoms with E-state index in [4.69, 9.17) is 4.42 Å². The monoisotopic (exact) mass is 350 g/mol. The molecule has 4 heteroatoms. The van der Waals surface area contributed by atoms with E-state index in [1.165, 1.54) is 5.56 Å². The summed E-state index contributed by atoms with van der Waals surface area (Å²) in [6.07, 6.45) is 7.43. The second-order valence-electron chi connectivity index (χ2n) is 6.78. The Morgan fingerprint density at radius 3 is 2.65 bits per heavy atom. The lowest BCUT2D eigenvalue weighted by Gasteiger charge is -2.32. The lowest BCUT2D eigenvalue weighted by atomic mass is 10.0. The largest absolute Gasteiger partial charge is 0.472 e. The third-order valence-electron chi connectivity index (χ3n) is 4.66. The van der Waals surface area contributed by atoms with Gasteiger partial charge in [0.25, 0.3) is 5.91 Å². The molecule has 1 amide bonds. The number of rotatable bonds is 5. The Morgan fingerprint density at radius 1 is 1.23 bits per heavy atom. The molecule has 1 aromatic heterocycles. The summed E-state index contributed by atoms with van der Waals surface area (Å²) in [4.78, 5) is 14.8. The quantitative estimate of drug-likeness (QED) is 0.834. The molecule has 2 heterocycles. The molecular weight excluding hydrogens is 324 g/mol. The fraction of sp³-hybridized carbons (Fsp3) is 0.409. The maximum absolute atomic E-state index is 12.4. The molecule has 136 valence electrons. The van der Waals surface area contributed by atoms with Crippen LogP contribution in [-0.2, 0) is 6.54 Å². The molecule has 1 fully saturated rings. The van der Waals surface area contributed by atoms with Gasteiger partial charge in [-0.1, -0.05) is 18.8 Å². The summed E-state index contributed by atoms with van der Waals surface area (Å²) < 4.78 is 5.12. The number of carbonyl (C=O) groups excluding carboxylic acids is 1. The first-order valence-electron chi connectivity index (χ1n) is 9.38. The highest BCUT2D eigenvalue weighted by Gasteiger charge is 2.21. The maximum atomic E-state index is 12.4. The zero-order chi connectivity index (χ0) is 18.2. The molecule has 4 nitrogen and oxygen atoms in total. The number of amides is 1. The number of hydrogen-bond acceptors (Lipinski definition) is 3. The van der Waals surface area contributed by atoms with Crippen molar-refractivity contribution in [3.8, 4) is 11.8 Å². The fourth-order valence-electron chi connectivity index (χ4n) is 3.14. The zero-order valence-electron chi connectivity index (χ0n) is 15.3. The second kappa shape index (κ2) is 9.26. The number of benzene rings is 1. The van der Waals surface area contributed by atoms with Crippen LogP contribution in [0.25, 0.3) is 0 Å². The number of nitrogens with zero attached hydrogens (tertiary/aromatic N) is 1. The lowest BCUT2D eigenvalue weighted by molar-refractivity contribution is 0.0909. The predicted octanol–water partition coefficient (Wildman–Crippen LogP) is 3.83. The summed E-state index contributed by atoms with van der Waals surface area (Å²) in [6, 6.07) is 9.81. The molecule has 0 radical (unpaired) electrons. The van der Waals surface area contributed by atoms with Crippen LogP contribution in [0.3, 0.4) is 0 Å². The Hall–Kier alpha value is -2.51. The van der Waals surface area contributed by atoms with Gasteiger partial charge >= 0.3 is 0 Å². The first kappa shape index (κ1) is 18.3. The Kier molecular flexibility index (Phi) is 6.51. The van der Waals surface area contributed by atoms with E-state index in [1.807, 2.05) is 30.3 Å². The van der Waals surface area contributed by atoms with E-state index in [0.29, 0.717) is 5.56 Å². The summed E-state index contributed by atoms with van der Waals surface area (Å²) >= 11 is 0. The number of likely N-dealkylation sites (tertiary alicyclic amines) is 1. The Morgan fingerprint density at radius 2 is 2.00 bits per heavy atom. The summed E-state index contributed by atoms with van der Waals surface area (Å²) in [5.74, 6) is 6.25. The number of carbonyl (C=O) groups is 1. The van der Waals surface area contributed by atoms with Gasteiger partial charge < -0.3 is 9.73 Å². The van der Waals surface area contributed by atoms with Crippen molar-refractivity contribution >= 4 is 5.91 Å². The molecule has 26 heavy (non-hydrogen) atoms. The lowest BCUT2D eigenvalue weighted by Crippen LogP contribution is -2.44. The van der Waals surface area contributed by atoms with Crippen LogP contribution in [0, 0.1) is 11.8 Å². The number of piperidine rings is 1. The fourth-order valence-corrected chi connectivity index (χ4v) is 3.14. The molecule has 2 aromatic rings. The van der Waals surface area contributed by atoms with E-state index in [0.717, 1.165) is 50.9 Å². The second-order valence-corrected chi connectivity index (χ2v) is 6.78. The van der Waals surface area contributed by atoms with E-state index in [1.54, 1.807) is 12.5 Å². The maximum Gasteiger partial charge on any atom is 0.251 e. The van der Waals surface area contributed by atoms with Gasteiger partial charge in [-0.3, -0.25) is 9.69 Å². The molecule has 1 aliphatic heterocycles. The minimum Gasteiger partial charge on any atom is -0.472 e. The first-order chi connectivity index (χ1) is 12.7. The highest BCUT2D eigenvalue weighted by Crippen LogP contribution is 2.15. The van der Waals surface area contributed by atoms with Crippen LogP contribution in [0.1, 0.15) is 54.1 Å². The Bertz CT molecular complexity index is 746. The Balaban J connectivity index is 1.46. The van der Waals surface area contributed by atoms with E-state index >= 15 is 0 Å². The first-order valence-corrected chi connectivity index (χ1v) is 9.38. The van der Waals surface area contributed by atoms with Crippen molar-refractivity contribution in [3.05, 3.63) is 59.5 Å². The van der Waals surface area contributed by atoms with Crippen molar-refractivity contribution < 1.29 is 9.21 Å². The predicted molar refractivity (Wildman–Crippen MR) is 103 cm³/mol. The summed E-state index contributed by atoms with van der Waals surface area (Å²) in [7, 11) is 0. The van der Waals surface area contributed by atoms with Crippen molar-refractivity contribution in [2.45, 2.75) is 45.2 Å². The van der Waals surface area contributed by atoms with E-state index in [9.17, 15) is 4.79 Å². The Labute approximate surface area is 155 Å². The molecule has 0 bridgehead atoms.